The maximum absolute atomic E-state index is 11.3. The predicted molar refractivity (Wildman–Crippen MR) is 56.9 cm³/mol. The van der Waals surface area contributed by atoms with Gasteiger partial charge in [-0.05, 0) is 26.8 Å². The lowest BCUT2D eigenvalue weighted by Crippen LogP contribution is -2.38. The second-order valence-corrected chi connectivity index (χ2v) is 3.90. The Labute approximate surface area is 86.1 Å². The van der Waals surface area contributed by atoms with Gasteiger partial charge in [-0.3, -0.25) is 9.78 Å². The number of rotatable bonds is 4. The molecular formula is C8H15N5O2. The quantitative estimate of drug-likeness (QED) is 0.511. The van der Waals surface area contributed by atoms with Gasteiger partial charge in [0.15, 0.2) is 0 Å². The van der Waals surface area contributed by atoms with Crippen LogP contribution in [0.2, 0.25) is 0 Å². The first-order valence-corrected chi connectivity index (χ1v) is 4.62. The molecule has 15 heavy (non-hydrogen) atoms. The fraction of sp³-hybridized carbons (Fsp3) is 0.625. The standard InChI is InChI=1S/C8H15N5O2/c1-8(2,3-4-9)11-5-6(14)10-7(15)13-12-5/h3-4,9H2,1-2H3,(H,11,12)(H2,10,13,14,15). The summed E-state index contributed by atoms with van der Waals surface area (Å²) in [6.07, 6.45) is 0.688. The molecule has 0 unspecified atom stereocenters. The largest absolute Gasteiger partial charge is 0.359 e. The number of hydrogen-bond acceptors (Lipinski definition) is 5. The molecule has 5 N–H and O–H groups in total. The monoisotopic (exact) mass is 213 g/mol. The molecule has 0 aromatic carbocycles. The molecule has 1 aromatic heterocycles. The minimum atomic E-state index is -0.623. The summed E-state index contributed by atoms with van der Waals surface area (Å²) in [5, 5.41) is 8.67. The van der Waals surface area contributed by atoms with E-state index < -0.39 is 11.2 Å². The van der Waals surface area contributed by atoms with Gasteiger partial charge < -0.3 is 11.1 Å². The lowest BCUT2D eigenvalue weighted by Gasteiger charge is -2.25. The molecule has 0 saturated heterocycles. The molecule has 0 aliphatic carbocycles. The second-order valence-electron chi connectivity index (χ2n) is 3.90. The average molecular weight is 213 g/mol. The van der Waals surface area contributed by atoms with Crippen LogP contribution in [0.3, 0.4) is 0 Å². The van der Waals surface area contributed by atoms with Gasteiger partial charge in [-0.25, -0.2) is 9.89 Å². The fourth-order valence-corrected chi connectivity index (χ4v) is 1.18. The van der Waals surface area contributed by atoms with Crippen molar-refractivity contribution in [3.8, 4) is 0 Å². The first kappa shape index (κ1) is 11.4. The van der Waals surface area contributed by atoms with Crippen molar-refractivity contribution in [3.05, 3.63) is 20.8 Å². The Morgan fingerprint density at radius 2 is 2.13 bits per heavy atom. The lowest BCUT2D eigenvalue weighted by atomic mass is 10.0. The van der Waals surface area contributed by atoms with E-state index in [0.717, 1.165) is 0 Å². The van der Waals surface area contributed by atoms with Crippen molar-refractivity contribution in [1.82, 2.24) is 15.2 Å². The summed E-state index contributed by atoms with van der Waals surface area (Å²) >= 11 is 0. The van der Waals surface area contributed by atoms with Crippen molar-refractivity contribution in [2.75, 3.05) is 11.9 Å². The second kappa shape index (κ2) is 4.26. The molecule has 84 valence electrons. The smallest absolute Gasteiger partial charge is 0.342 e. The molecule has 0 bridgehead atoms. The van der Waals surface area contributed by atoms with E-state index in [1.54, 1.807) is 0 Å². The van der Waals surface area contributed by atoms with E-state index in [1.807, 2.05) is 13.8 Å². The Bertz CT molecular complexity index is 433. The summed E-state index contributed by atoms with van der Waals surface area (Å²) < 4.78 is 0. The van der Waals surface area contributed by atoms with Gasteiger partial charge in [0, 0.05) is 5.54 Å². The van der Waals surface area contributed by atoms with Gasteiger partial charge >= 0.3 is 5.69 Å². The van der Waals surface area contributed by atoms with Gasteiger partial charge in [-0.1, -0.05) is 0 Å². The van der Waals surface area contributed by atoms with Crippen molar-refractivity contribution >= 4 is 5.82 Å². The molecule has 7 nitrogen and oxygen atoms in total. The molecule has 0 atom stereocenters. The molecule has 0 spiro atoms. The normalized spacial score (nSPS) is 11.4. The van der Waals surface area contributed by atoms with Crippen LogP contribution in [0, 0.1) is 0 Å². The first-order valence-electron chi connectivity index (χ1n) is 4.62. The third-order valence-corrected chi connectivity index (χ3v) is 1.94. The SMILES string of the molecule is CC(C)(CCN)Nc1n[nH]c(=O)[nH]c1=O. The molecule has 1 rings (SSSR count). The zero-order chi connectivity index (χ0) is 11.5. The van der Waals surface area contributed by atoms with E-state index in [9.17, 15) is 9.59 Å². The zero-order valence-electron chi connectivity index (χ0n) is 8.76. The van der Waals surface area contributed by atoms with Gasteiger partial charge in [-0.15, -0.1) is 5.10 Å². The number of nitrogens with one attached hydrogen (secondary N) is 3. The van der Waals surface area contributed by atoms with Gasteiger partial charge in [0.2, 0.25) is 5.82 Å². The van der Waals surface area contributed by atoms with E-state index in [4.69, 9.17) is 5.73 Å². The minimum absolute atomic E-state index is 0.0908. The van der Waals surface area contributed by atoms with Crippen LogP contribution < -0.4 is 22.3 Å². The van der Waals surface area contributed by atoms with E-state index in [0.29, 0.717) is 13.0 Å². The number of nitrogens with two attached hydrogens (primary N) is 1. The Hall–Kier alpha value is -1.63. The van der Waals surface area contributed by atoms with Gasteiger partial charge in [0.05, 0.1) is 0 Å². The number of anilines is 1. The number of hydrogen-bond donors (Lipinski definition) is 4. The van der Waals surface area contributed by atoms with Crippen LogP contribution in [0.15, 0.2) is 9.59 Å². The maximum atomic E-state index is 11.3. The highest BCUT2D eigenvalue weighted by Gasteiger charge is 2.18. The van der Waals surface area contributed by atoms with E-state index in [2.05, 4.69) is 20.5 Å². The average Bonchev–Trinajstić information content (AvgIpc) is 2.09. The number of nitrogens with zero attached hydrogens (tertiary/aromatic N) is 1. The molecule has 7 heteroatoms. The Morgan fingerprint density at radius 1 is 1.47 bits per heavy atom. The van der Waals surface area contributed by atoms with Crippen LogP contribution in [0.5, 0.6) is 0 Å². The predicted octanol–water partition coefficient (Wildman–Crippen LogP) is -1.00. The summed E-state index contributed by atoms with van der Waals surface area (Å²) in [6.45, 7) is 4.29. The minimum Gasteiger partial charge on any atom is -0.359 e. The first-order chi connectivity index (χ1) is 6.94. The number of H-pyrrole nitrogens is 2. The summed E-state index contributed by atoms with van der Waals surface area (Å²) in [4.78, 5) is 24.1. The zero-order valence-corrected chi connectivity index (χ0v) is 8.76. The molecular weight excluding hydrogens is 198 g/mol. The van der Waals surface area contributed by atoms with Crippen LogP contribution >= 0.6 is 0 Å². The van der Waals surface area contributed by atoms with E-state index in [-0.39, 0.29) is 11.4 Å². The Balaban J connectivity index is 2.90. The van der Waals surface area contributed by atoms with Gasteiger partial charge in [0.25, 0.3) is 5.56 Å². The molecule has 0 fully saturated rings. The number of aromatic nitrogens is 3. The third-order valence-electron chi connectivity index (χ3n) is 1.94. The summed E-state index contributed by atoms with van der Waals surface area (Å²) in [6, 6.07) is 0. The molecule has 0 aliphatic rings. The summed E-state index contributed by atoms with van der Waals surface area (Å²) in [7, 11) is 0. The van der Waals surface area contributed by atoms with Crippen LogP contribution in [-0.4, -0.2) is 27.3 Å². The van der Waals surface area contributed by atoms with Crippen molar-refractivity contribution < 1.29 is 0 Å². The molecule has 0 amide bonds. The molecule has 1 aromatic rings. The van der Waals surface area contributed by atoms with E-state index in [1.165, 1.54) is 0 Å². The Kier molecular flexibility index (Phi) is 3.25. The highest BCUT2D eigenvalue weighted by atomic mass is 16.2. The third kappa shape index (κ3) is 3.21. The molecule has 0 saturated carbocycles. The van der Waals surface area contributed by atoms with Gasteiger partial charge in [-0.2, -0.15) is 0 Å². The van der Waals surface area contributed by atoms with Crippen molar-refractivity contribution in [3.63, 3.8) is 0 Å². The molecule has 0 aliphatic heterocycles. The highest BCUT2D eigenvalue weighted by Crippen LogP contribution is 2.11. The van der Waals surface area contributed by atoms with Crippen LogP contribution in [0.25, 0.3) is 0 Å². The van der Waals surface area contributed by atoms with Crippen molar-refractivity contribution in [2.45, 2.75) is 25.8 Å². The maximum Gasteiger partial charge on any atom is 0.342 e. The fourth-order valence-electron chi connectivity index (χ4n) is 1.18. The lowest BCUT2D eigenvalue weighted by molar-refractivity contribution is 0.521. The van der Waals surface area contributed by atoms with Crippen LogP contribution in [0.4, 0.5) is 5.82 Å². The van der Waals surface area contributed by atoms with Gasteiger partial charge in [0.1, 0.15) is 0 Å². The Morgan fingerprint density at radius 3 is 2.67 bits per heavy atom. The van der Waals surface area contributed by atoms with Crippen molar-refractivity contribution in [1.29, 1.82) is 0 Å². The number of aromatic amines is 2. The van der Waals surface area contributed by atoms with E-state index >= 15 is 0 Å². The van der Waals surface area contributed by atoms with Crippen LogP contribution in [-0.2, 0) is 0 Å². The summed E-state index contributed by atoms with van der Waals surface area (Å²) in [5.74, 6) is 0.0908. The molecule has 1 heterocycles. The highest BCUT2D eigenvalue weighted by molar-refractivity contribution is 5.32. The topological polar surface area (TPSA) is 117 Å². The van der Waals surface area contributed by atoms with Crippen molar-refractivity contribution in [2.24, 2.45) is 5.73 Å². The summed E-state index contributed by atoms with van der Waals surface area (Å²) in [5.41, 5.74) is 3.92. The van der Waals surface area contributed by atoms with Crippen LogP contribution in [0.1, 0.15) is 20.3 Å². The molecule has 0 radical (unpaired) electrons.